The van der Waals surface area contributed by atoms with Crippen molar-refractivity contribution in [3.63, 3.8) is 0 Å². The number of aliphatic hydroxyl groups excluding tert-OH is 2. The smallest absolute Gasteiger partial charge is 0.390 e. The molecule has 0 aromatic carbocycles. The van der Waals surface area contributed by atoms with Gasteiger partial charge in [0.05, 0.1) is 12.2 Å². The molecule has 3 unspecified atom stereocenters. The van der Waals surface area contributed by atoms with Crippen LogP contribution >= 0.6 is 0 Å². The van der Waals surface area contributed by atoms with E-state index in [9.17, 15) is 18.0 Å². The van der Waals surface area contributed by atoms with Crippen molar-refractivity contribution in [2.45, 2.75) is 37.8 Å². The van der Waals surface area contributed by atoms with Crippen LogP contribution in [0.5, 0.6) is 0 Å². The summed E-state index contributed by atoms with van der Waals surface area (Å²) in [5.41, 5.74) is -1.77. The number of rotatable bonds is 0. The van der Waals surface area contributed by atoms with E-state index in [0.717, 1.165) is 18.2 Å². The standard InChI is InChI=1S/C6H4F3NO.C6H12O3.C3H4N2/c7-6(8,9)4-2-1-3-5(11)10-4;1-4-6(8)5(7)2-3-9-4;1-2-4-5-3-1/h1-3H,(H,10,11);4-8H,2-3H2,1H3;1-3H,(H,4,5). The minimum absolute atomic E-state index is 0.214. The largest absolute Gasteiger partial charge is 0.431 e. The third-order valence-electron chi connectivity index (χ3n) is 3.15. The molecule has 0 spiro atoms. The van der Waals surface area contributed by atoms with Crippen LogP contribution in [0, 0.1) is 0 Å². The predicted molar refractivity (Wildman–Crippen MR) is 82.7 cm³/mol. The van der Waals surface area contributed by atoms with E-state index >= 15 is 0 Å². The Morgan fingerprint density at radius 1 is 1.28 bits per heavy atom. The molecule has 1 saturated heterocycles. The molecule has 10 heteroatoms. The molecule has 25 heavy (non-hydrogen) atoms. The van der Waals surface area contributed by atoms with Crippen LogP contribution in [0.4, 0.5) is 13.2 Å². The monoisotopic (exact) mass is 363 g/mol. The maximum absolute atomic E-state index is 11.8. The molecule has 0 radical (unpaired) electrons. The Morgan fingerprint density at radius 3 is 2.36 bits per heavy atom. The Hall–Kier alpha value is -2.17. The van der Waals surface area contributed by atoms with Crippen LogP contribution in [0.25, 0.3) is 0 Å². The van der Waals surface area contributed by atoms with Crippen molar-refractivity contribution in [1.29, 1.82) is 0 Å². The average molecular weight is 363 g/mol. The minimum Gasteiger partial charge on any atom is -0.390 e. The second kappa shape index (κ2) is 9.97. The topological polar surface area (TPSA) is 111 Å². The molecule has 0 saturated carbocycles. The van der Waals surface area contributed by atoms with Crippen LogP contribution < -0.4 is 5.56 Å². The van der Waals surface area contributed by atoms with E-state index in [1.54, 1.807) is 24.3 Å². The lowest BCUT2D eigenvalue weighted by Crippen LogP contribution is -2.42. The lowest BCUT2D eigenvalue weighted by molar-refractivity contribution is -0.141. The van der Waals surface area contributed by atoms with Gasteiger partial charge in [0.1, 0.15) is 11.8 Å². The number of halogens is 3. The number of aromatic amines is 2. The van der Waals surface area contributed by atoms with Gasteiger partial charge in [-0.25, -0.2) is 0 Å². The molecule has 7 nitrogen and oxygen atoms in total. The highest BCUT2D eigenvalue weighted by molar-refractivity contribution is 5.06. The fourth-order valence-corrected chi connectivity index (χ4v) is 1.79. The number of H-pyrrole nitrogens is 2. The minimum atomic E-state index is -4.47. The number of aromatic nitrogens is 3. The molecule has 0 aliphatic carbocycles. The SMILES string of the molecule is CC1OCCC(O)C1O.O=c1cccc(C(F)(F)F)[nH]1.c1cn[nH]c1. The zero-order valence-corrected chi connectivity index (χ0v) is 13.4. The van der Waals surface area contributed by atoms with E-state index in [1.165, 1.54) is 0 Å². The van der Waals surface area contributed by atoms with Crippen molar-refractivity contribution >= 4 is 0 Å². The van der Waals surface area contributed by atoms with Gasteiger partial charge < -0.3 is 19.9 Å². The van der Waals surface area contributed by atoms with Crippen molar-refractivity contribution in [1.82, 2.24) is 15.2 Å². The molecule has 1 aliphatic rings. The molecule has 1 aliphatic heterocycles. The van der Waals surface area contributed by atoms with Gasteiger partial charge in [-0.15, -0.1) is 0 Å². The molecule has 1 fully saturated rings. The van der Waals surface area contributed by atoms with Crippen LogP contribution in [-0.2, 0) is 10.9 Å². The van der Waals surface area contributed by atoms with Crippen molar-refractivity contribution in [3.8, 4) is 0 Å². The highest BCUT2D eigenvalue weighted by Gasteiger charge is 2.31. The van der Waals surface area contributed by atoms with Gasteiger partial charge in [-0.1, -0.05) is 6.07 Å². The van der Waals surface area contributed by atoms with Gasteiger partial charge in [-0.3, -0.25) is 9.89 Å². The fraction of sp³-hybridized carbons (Fsp3) is 0.467. The van der Waals surface area contributed by atoms with Crippen molar-refractivity contribution in [2.75, 3.05) is 6.61 Å². The quantitative estimate of drug-likeness (QED) is 0.564. The number of pyridine rings is 1. The zero-order valence-electron chi connectivity index (χ0n) is 13.4. The van der Waals surface area contributed by atoms with Crippen LogP contribution in [0.1, 0.15) is 19.0 Å². The highest BCUT2D eigenvalue weighted by Crippen LogP contribution is 2.25. The first-order chi connectivity index (χ1) is 11.7. The second-order valence-electron chi connectivity index (χ2n) is 5.12. The van der Waals surface area contributed by atoms with Crippen molar-refractivity contribution in [3.05, 3.63) is 52.7 Å². The van der Waals surface area contributed by atoms with Gasteiger partial charge in [0.15, 0.2) is 0 Å². The Bertz CT molecular complexity index is 619. The Morgan fingerprint density at radius 2 is 2.00 bits per heavy atom. The number of nitrogens with one attached hydrogen (secondary N) is 2. The van der Waals surface area contributed by atoms with Gasteiger partial charge >= 0.3 is 6.18 Å². The van der Waals surface area contributed by atoms with E-state index in [2.05, 4.69) is 10.2 Å². The summed E-state index contributed by atoms with van der Waals surface area (Å²) < 4.78 is 40.4. The van der Waals surface area contributed by atoms with Gasteiger partial charge in [0.2, 0.25) is 5.56 Å². The average Bonchev–Trinajstić information content (AvgIpc) is 3.12. The second-order valence-corrected chi connectivity index (χ2v) is 5.12. The molecule has 2 aromatic heterocycles. The number of hydrogen-bond acceptors (Lipinski definition) is 5. The first kappa shape index (κ1) is 20.9. The summed E-state index contributed by atoms with van der Waals surface area (Å²) >= 11 is 0. The summed E-state index contributed by atoms with van der Waals surface area (Å²) in [6, 6.07) is 4.72. The molecular formula is C15H20F3N3O4. The van der Waals surface area contributed by atoms with Crippen LogP contribution in [0.3, 0.4) is 0 Å². The Balaban J connectivity index is 0.000000200. The summed E-state index contributed by atoms with van der Waals surface area (Å²) in [4.78, 5) is 12.0. The number of aliphatic hydroxyl groups is 2. The third-order valence-corrected chi connectivity index (χ3v) is 3.15. The van der Waals surface area contributed by atoms with E-state index in [-0.39, 0.29) is 6.10 Å². The molecule has 0 bridgehead atoms. The lowest BCUT2D eigenvalue weighted by atomic mass is 10.0. The van der Waals surface area contributed by atoms with Gasteiger partial charge in [0, 0.05) is 25.1 Å². The van der Waals surface area contributed by atoms with Gasteiger partial charge in [0.25, 0.3) is 0 Å². The predicted octanol–water partition coefficient (Wildman–Crippen LogP) is 1.32. The van der Waals surface area contributed by atoms with E-state index in [0.29, 0.717) is 13.0 Å². The van der Waals surface area contributed by atoms with E-state index in [1.807, 2.05) is 6.07 Å². The van der Waals surface area contributed by atoms with Crippen LogP contribution in [0.2, 0.25) is 0 Å². The summed E-state index contributed by atoms with van der Waals surface area (Å²) in [6.07, 6.45) is -1.97. The Labute approximate surface area is 141 Å². The number of alkyl halides is 3. The molecule has 3 heterocycles. The first-order valence-corrected chi connectivity index (χ1v) is 7.40. The fourth-order valence-electron chi connectivity index (χ4n) is 1.79. The number of nitrogens with zero attached hydrogens (tertiary/aromatic N) is 1. The number of ether oxygens (including phenoxy) is 1. The van der Waals surface area contributed by atoms with Crippen LogP contribution in [0.15, 0.2) is 41.5 Å². The van der Waals surface area contributed by atoms with Crippen LogP contribution in [-0.4, -0.2) is 50.3 Å². The maximum Gasteiger partial charge on any atom is 0.431 e. The summed E-state index contributed by atoms with van der Waals surface area (Å²) in [7, 11) is 0. The lowest BCUT2D eigenvalue weighted by Gasteiger charge is -2.29. The van der Waals surface area contributed by atoms with E-state index in [4.69, 9.17) is 14.9 Å². The third kappa shape index (κ3) is 7.96. The number of hydrogen-bond donors (Lipinski definition) is 4. The van der Waals surface area contributed by atoms with Crippen molar-refractivity contribution < 1.29 is 28.1 Å². The Kier molecular flexibility index (Phi) is 8.32. The van der Waals surface area contributed by atoms with Gasteiger partial charge in [-0.05, 0) is 25.5 Å². The summed E-state index contributed by atoms with van der Waals surface area (Å²) in [6.45, 7) is 2.31. The molecule has 140 valence electrons. The molecule has 4 N–H and O–H groups in total. The molecule has 2 aromatic rings. The summed E-state index contributed by atoms with van der Waals surface area (Å²) in [5.74, 6) is 0. The first-order valence-electron chi connectivity index (χ1n) is 7.40. The molecular weight excluding hydrogens is 343 g/mol. The van der Waals surface area contributed by atoms with Gasteiger partial charge in [-0.2, -0.15) is 18.3 Å². The molecule has 3 atom stereocenters. The molecule has 0 amide bonds. The maximum atomic E-state index is 11.8. The van der Waals surface area contributed by atoms with E-state index < -0.39 is 29.6 Å². The normalized spacial score (nSPS) is 22.9. The zero-order chi connectivity index (χ0) is 18.9. The van der Waals surface area contributed by atoms with Crippen molar-refractivity contribution in [2.24, 2.45) is 0 Å². The highest BCUT2D eigenvalue weighted by atomic mass is 19.4. The molecule has 3 rings (SSSR count). The summed E-state index contributed by atoms with van der Waals surface area (Å²) in [5, 5.41) is 24.3.